The number of nitrogens with zero attached hydrogens (tertiary/aromatic N) is 1. The Hall–Kier alpha value is -1.88. The van der Waals surface area contributed by atoms with Gasteiger partial charge in [0, 0.05) is 24.3 Å². The quantitative estimate of drug-likeness (QED) is 0.781. The molecule has 1 aromatic carbocycles. The predicted octanol–water partition coefficient (Wildman–Crippen LogP) is 4.54. The van der Waals surface area contributed by atoms with Crippen LogP contribution in [-0.2, 0) is 14.3 Å². The third-order valence-electron chi connectivity index (χ3n) is 6.23. The molecule has 5 heteroatoms. The van der Waals surface area contributed by atoms with Gasteiger partial charge in [0.05, 0.1) is 6.10 Å². The number of aryl methyl sites for hydroxylation is 1. The summed E-state index contributed by atoms with van der Waals surface area (Å²) in [4.78, 5) is 26.2. The van der Waals surface area contributed by atoms with E-state index in [1.54, 1.807) is 0 Å². The van der Waals surface area contributed by atoms with Crippen LogP contribution in [0.25, 0.3) is 0 Å². The van der Waals surface area contributed by atoms with E-state index in [1.807, 2.05) is 30.0 Å². The second-order valence-electron chi connectivity index (χ2n) is 8.87. The number of benzene rings is 1. The van der Waals surface area contributed by atoms with Crippen molar-refractivity contribution in [1.82, 2.24) is 0 Å². The van der Waals surface area contributed by atoms with Gasteiger partial charge in [0.1, 0.15) is 6.61 Å². The number of hydrogen-bond donors (Lipinski definition) is 1. The molecule has 1 aromatic rings. The van der Waals surface area contributed by atoms with Crippen molar-refractivity contribution < 1.29 is 14.3 Å². The summed E-state index contributed by atoms with van der Waals surface area (Å²) in [6.07, 6.45) is 5.16. The van der Waals surface area contributed by atoms with Crippen LogP contribution >= 0.6 is 0 Å². The highest BCUT2D eigenvalue weighted by Crippen LogP contribution is 2.35. The van der Waals surface area contributed by atoms with Crippen LogP contribution in [0.4, 0.5) is 11.4 Å². The van der Waals surface area contributed by atoms with Gasteiger partial charge in [-0.2, -0.15) is 0 Å². The fourth-order valence-electron chi connectivity index (χ4n) is 4.63. The number of anilines is 2. The van der Waals surface area contributed by atoms with Gasteiger partial charge in [-0.1, -0.05) is 27.2 Å². The average molecular weight is 387 g/mol. The topological polar surface area (TPSA) is 58.6 Å². The molecule has 1 saturated heterocycles. The average Bonchev–Trinajstić information content (AvgIpc) is 3.05. The Balaban J connectivity index is 1.56. The molecule has 1 aliphatic heterocycles. The minimum Gasteiger partial charge on any atom is -0.368 e. The molecule has 1 heterocycles. The lowest BCUT2D eigenvalue weighted by atomic mass is 9.75. The summed E-state index contributed by atoms with van der Waals surface area (Å²) in [5.41, 5.74) is 2.68. The first kappa shape index (κ1) is 20.8. The maximum Gasteiger partial charge on any atom is 0.250 e. The molecule has 1 N–H and O–H groups in total. The van der Waals surface area contributed by atoms with Crippen molar-refractivity contribution >= 4 is 23.2 Å². The highest BCUT2D eigenvalue weighted by Gasteiger charge is 2.31. The number of carbonyl (C=O) groups excluding carboxylic acids is 2. The number of amides is 2. The highest BCUT2D eigenvalue weighted by molar-refractivity contribution is 5.97. The van der Waals surface area contributed by atoms with Crippen molar-refractivity contribution in [2.45, 2.75) is 65.9 Å². The normalized spacial score (nSPS) is 25.4. The third kappa shape index (κ3) is 4.93. The summed E-state index contributed by atoms with van der Waals surface area (Å²) >= 11 is 0. The second kappa shape index (κ2) is 9.08. The fourth-order valence-corrected chi connectivity index (χ4v) is 4.63. The minimum absolute atomic E-state index is 0.0893. The van der Waals surface area contributed by atoms with Crippen molar-refractivity contribution in [3.63, 3.8) is 0 Å². The first-order valence-corrected chi connectivity index (χ1v) is 10.7. The van der Waals surface area contributed by atoms with Gasteiger partial charge in [-0.3, -0.25) is 9.59 Å². The largest absolute Gasteiger partial charge is 0.368 e. The standard InChI is InChI=1S/C23H34N2O3/c1-15(2)19-9-7-16(3)12-21(19)28-14-22(26)24-18-8-10-20(17(4)13-18)25-11-5-6-23(25)27/h8,10,13,15-16,19,21H,5-7,9,11-12,14H2,1-4H3,(H,24,26)/t16-,19+,21-/m1/s1. The zero-order valence-corrected chi connectivity index (χ0v) is 17.7. The van der Waals surface area contributed by atoms with Crippen LogP contribution in [0.15, 0.2) is 18.2 Å². The van der Waals surface area contributed by atoms with Gasteiger partial charge in [-0.25, -0.2) is 0 Å². The molecule has 0 spiro atoms. The summed E-state index contributed by atoms with van der Waals surface area (Å²) in [6, 6.07) is 5.72. The molecule has 3 rings (SSSR count). The van der Waals surface area contributed by atoms with E-state index < -0.39 is 0 Å². The summed E-state index contributed by atoms with van der Waals surface area (Å²) < 4.78 is 6.05. The van der Waals surface area contributed by atoms with Crippen LogP contribution in [0, 0.1) is 24.7 Å². The monoisotopic (exact) mass is 386 g/mol. The van der Waals surface area contributed by atoms with Crippen molar-refractivity contribution in [2.75, 3.05) is 23.4 Å². The van der Waals surface area contributed by atoms with Crippen LogP contribution in [-0.4, -0.2) is 31.1 Å². The van der Waals surface area contributed by atoms with Gasteiger partial charge in [-0.15, -0.1) is 0 Å². The number of carbonyl (C=O) groups is 2. The van der Waals surface area contributed by atoms with E-state index in [-0.39, 0.29) is 24.5 Å². The van der Waals surface area contributed by atoms with E-state index in [9.17, 15) is 9.59 Å². The Kier molecular flexibility index (Phi) is 6.76. The lowest BCUT2D eigenvalue weighted by Gasteiger charge is -2.37. The molecule has 28 heavy (non-hydrogen) atoms. The Morgan fingerprint density at radius 1 is 1.32 bits per heavy atom. The first-order chi connectivity index (χ1) is 13.3. The molecule has 3 atom stereocenters. The first-order valence-electron chi connectivity index (χ1n) is 10.7. The van der Waals surface area contributed by atoms with E-state index >= 15 is 0 Å². The second-order valence-corrected chi connectivity index (χ2v) is 8.87. The molecule has 0 radical (unpaired) electrons. The van der Waals surface area contributed by atoms with E-state index in [1.165, 1.54) is 12.8 Å². The molecular formula is C23H34N2O3. The zero-order valence-electron chi connectivity index (χ0n) is 17.7. The van der Waals surface area contributed by atoms with Crippen molar-refractivity contribution in [2.24, 2.45) is 17.8 Å². The molecule has 2 amide bonds. The predicted molar refractivity (Wildman–Crippen MR) is 112 cm³/mol. The molecule has 0 aromatic heterocycles. The third-order valence-corrected chi connectivity index (χ3v) is 6.23. The number of nitrogens with one attached hydrogen (secondary N) is 1. The smallest absolute Gasteiger partial charge is 0.250 e. The molecule has 2 fully saturated rings. The molecular weight excluding hydrogens is 352 g/mol. The molecule has 5 nitrogen and oxygen atoms in total. The molecule has 0 bridgehead atoms. The SMILES string of the molecule is Cc1cc(NC(=O)CO[C@@H]2C[C@H](C)CC[C@H]2C(C)C)ccc1N1CCCC1=O. The molecule has 1 saturated carbocycles. The number of rotatable bonds is 6. The summed E-state index contributed by atoms with van der Waals surface area (Å²) in [7, 11) is 0. The molecule has 0 unspecified atom stereocenters. The van der Waals surface area contributed by atoms with Crippen molar-refractivity contribution in [3.05, 3.63) is 23.8 Å². The van der Waals surface area contributed by atoms with Gasteiger partial charge in [-0.05, 0) is 67.7 Å². The van der Waals surface area contributed by atoms with E-state index in [0.29, 0.717) is 24.2 Å². The van der Waals surface area contributed by atoms with Crippen LogP contribution in [0.5, 0.6) is 0 Å². The number of ether oxygens (including phenoxy) is 1. The van der Waals surface area contributed by atoms with Crippen molar-refractivity contribution in [1.29, 1.82) is 0 Å². The minimum atomic E-state index is -0.120. The lowest BCUT2D eigenvalue weighted by molar-refractivity contribution is -0.126. The summed E-state index contributed by atoms with van der Waals surface area (Å²) in [5.74, 6) is 1.82. The Bertz CT molecular complexity index is 716. The van der Waals surface area contributed by atoms with Gasteiger partial charge >= 0.3 is 0 Å². The Morgan fingerprint density at radius 3 is 2.75 bits per heavy atom. The van der Waals surface area contributed by atoms with Gasteiger partial charge < -0.3 is 15.0 Å². The lowest BCUT2D eigenvalue weighted by Crippen LogP contribution is -2.36. The highest BCUT2D eigenvalue weighted by atomic mass is 16.5. The van der Waals surface area contributed by atoms with Crippen LogP contribution < -0.4 is 10.2 Å². The molecule has 154 valence electrons. The van der Waals surface area contributed by atoms with Gasteiger partial charge in [0.2, 0.25) is 11.8 Å². The number of hydrogen-bond acceptors (Lipinski definition) is 3. The Morgan fingerprint density at radius 2 is 2.11 bits per heavy atom. The van der Waals surface area contributed by atoms with Gasteiger partial charge in [0.15, 0.2) is 0 Å². The van der Waals surface area contributed by atoms with Crippen LogP contribution in [0.1, 0.15) is 58.4 Å². The Labute approximate surface area is 168 Å². The maximum atomic E-state index is 12.4. The summed E-state index contributed by atoms with van der Waals surface area (Å²) in [6.45, 7) is 9.59. The molecule has 1 aliphatic carbocycles. The van der Waals surface area contributed by atoms with E-state index in [0.717, 1.165) is 36.3 Å². The zero-order chi connectivity index (χ0) is 20.3. The summed E-state index contributed by atoms with van der Waals surface area (Å²) in [5, 5.41) is 2.94. The van der Waals surface area contributed by atoms with Crippen LogP contribution in [0.2, 0.25) is 0 Å². The fraction of sp³-hybridized carbons (Fsp3) is 0.652. The van der Waals surface area contributed by atoms with Crippen LogP contribution in [0.3, 0.4) is 0 Å². The van der Waals surface area contributed by atoms with Crippen molar-refractivity contribution in [3.8, 4) is 0 Å². The van der Waals surface area contributed by atoms with E-state index in [4.69, 9.17) is 4.74 Å². The van der Waals surface area contributed by atoms with Gasteiger partial charge in [0.25, 0.3) is 0 Å². The molecule has 2 aliphatic rings. The maximum absolute atomic E-state index is 12.4. The van der Waals surface area contributed by atoms with E-state index in [2.05, 4.69) is 26.1 Å².